The standard InChI is InChI=1S/C17H20N2O5S/c1-12(2)24-15-6-4-5-14(9-15)11-18-25(22,23)16-8-7-13(3)17(10-16)19(20)21/h4-10,12,18H,11H2,1-3H3. The minimum atomic E-state index is -3.86. The minimum absolute atomic E-state index is 0.0139. The van der Waals surface area contributed by atoms with Gasteiger partial charge in [-0.1, -0.05) is 18.2 Å². The first-order valence-electron chi connectivity index (χ1n) is 7.69. The monoisotopic (exact) mass is 364 g/mol. The van der Waals surface area contributed by atoms with Gasteiger partial charge in [-0.2, -0.15) is 0 Å². The van der Waals surface area contributed by atoms with Gasteiger partial charge in [0, 0.05) is 18.2 Å². The van der Waals surface area contributed by atoms with E-state index in [1.54, 1.807) is 31.2 Å². The number of hydrogen-bond acceptors (Lipinski definition) is 5. The molecule has 0 aliphatic carbocycles. The van der Waals surface area contributed by atoms with Crippen molar-refractivity contribution < 1.29 is 18.1 Å². The first-order valence-corrected chi connectivity index (χ1v) is 9.17. The molecular weight excluding hydrogens is 344 g/mol. The number of rotatable bonds is 7. The molecule has 0 atom stereocenters. The maximum atomic E-state index is 12.4. The van der Waals surface area contributed by atoms with Gasteiger partial charge in [0.15, 0.2) is 0 Å². The summed E-state index contributed by atoms with van der Waals surface area (Å²) in [6, 6.07) is 10.9. The molecule has 0 spiro atoms. The molecule has 2 aromatic carbocycles. The summed E-state index contributed by atoms with van der Waals surface area (Å²) in [5, 5.41) is 11.0. The topological polar surface area (TPSA) is 98.5 Å². The summed E-state index contributed by atoms with van der Waals surface area (Å²) in [6.07, 6.45) is 0.0139. The quantitative estimate of drug-likeness (QED) is 0.601. The van der Waals surface area contributed by atoms with E-state index in [0.717, 1.165) is 11.6 Å². The summed E-state index contributed by atoms with van der Waals surface area (Å²) in [6.45, 7) is 5.42. The number of nitrogens with one attached hydrogen (secondary N) is 1. The highest BCUT2D eigenvalue weighted by atomic mass is 32.2. The zero-order valence-electron chi connectivity index (χ0n) is 14.2. The van der Waals surface area contributed by atoms with E-state index in [1.807, 2.05) is 13.8 Å². The molecule has 0 saturated carbocycles. The number of aryl methyl sites for hydroxylation is 1. The van der Waals surface area contributed by atoms with Gasteiger partial charge in [-0.25, -0.2) is 13.1 Å². The molecule has 0 radical (unpaired) electrons. The highest BCUT2D eigenvalue weighted by Crippen LogP contribution is 2.22. The number of benzene rings is 2. The number of hydrogen-bond donors (Lipinski definition) is 1. The van der Waals surface area contributed by atoms with Crippen LogP contribution in [0.25, 0.3) is 0 Å². The van der Waals surface area contributed by atoms with Crippen molar-refractivity contribution >= 4 is 15.7 Å². The zero-order chi connectivity index (χ0) is 18.6. The van der Waals surface area contributed by atoms with E-state index >= 15 is 0 Å². The van der Waals surface area contributed by atoms with Crippen molar-refractivity contribution in [1.82, 2.24) is 4.72 Å². The molecule has 0 saturated heterocycles. The molecule has 25 heavy (non-hydrogen) atoms. The summed E-state index contributed by atoms with van der Waals surface area (Å²) in [5.74, 6) is 0.651. The summed E-state index contributed by atoms with van der Waals surface area (Å²) in [5.41, 5.74) is 0.904. The van der Waals surface area contributed by atoms with E-state index in [-0.39, 0.29) is 23.2 Å². The van der Waals surface area contributed by atoms with Gasteiger partial charge in [-0.15, -0.1) is 0 Å². The van der Waals surface area contributed by atoms with E-state index < -0.39 is 14.9 Å². The average Bonchev–Trinajstić information content (AvgIpc) is 2.53. The van der Waals surface area contributed by atoms with E-state index in [1.165, 1.54) is 12.1 Å². The lowest BCUT2D eigenvalue weighted by Crippen LogP contribution is -2.23. The molecule has 7 nitrogen and oxygen atoms in total. The highest BCUT2D eigenvalue weighted by Gasteiger charge is 2.19. The van der Waals surface area contributed by atoms with Crippen LogP contribution >= 0.6 is 0 Å². The molecule has 0 amide bonds. The maximum Gasteiger partial charge on any atom is 0.273 e. The number of nitrogens with zero attached hydrogens (tertiary/aromatic N) is 1. The van der Waals surface area contributed by atoms with E-state index in [4.69, 9.17) is 4.74 Å². The van der Waals surface area contributed by atoms with Crippen LogP contribution < -0.4 is 9.46 Å². The zero-order valence-corrected chi connectivity index (χ0v) is 15.0. The van der Waals surface area contributed by atoms with E-state index in [0.29, 0.717) is 11.3 Å². The smallest absolute Gasteiger partial charge is 0.273 e. The lowest BCUT2D eigenvalue weighted by atomic mass is 10.2. The third-order valence-corrected chi connectivity index (χ3v) is 4.82. The van der Waals surface area contributed by atoms with Crippen LogP contribution in [0.15, 0.2) is 47.4 Å². The average molecular weight is 364 g/mol. The van der Waals surface area contributed by atoms with Gasteiger partial charge in [0.1, 0.15) is 5.75 Å². The molecule has 0 fully saturated rings. The molecular formula is C17H20N2O5S. The van der Waals surface area contributed by atoms with Gasteiger partial charge in [0.2, 0.25) is 10.0 Å². The van der Waals surface area contributed by atoms with Crippen LogP contribution in [0.1, 0.15) is 25.0 Å². The van der Waals surface area contributed by atoms with Crippen molar-refractivity contribution in [3.63, 3.8) is 0 Å². The third kappa shape index (κ3) is 5.01. The van der Waals surface area contributed by atoms with Crippen molar-refractivity contribution in [2.75, 3.05) is 0 Å². The fourth-order valence-electron chi connectivity index (χ4n) is 2.22. The van der Waals surface area contributed by atoms with Gasteiger partial charge in [0.25, 0.3) is 5.69 Å². The molecule has 0 unspecified atom stereocenters. The molecule has 2 rings (SSSR count). The summed E-state index contributed by atoms with van der Waals surface area (Å²) < 4.78 is 32.8. The van der Waals surface area contributed by atoms with Crippen molar-refractivity contribution in [2.24, 2.45) is 0 Å². The fraction of sp³-hybridized carbons (Fsp3) is 0.294. The second kappa shape index (κ2) is 7.62. The fourth-order valence-corrected chi connectivity index (χ4v) is 3.25. The molecule has 8 heteroatoms. The van der Waals surface area contributed by atoms with Gasteiger partial charge in [-0.05, 0) is 44.5 Å². The van der Waals surface area contributed by atoms with Crippen LogP contribution in [0.3, 0.4) is 0 Å². The molecule has 0 aliphatic heterocycles. The Hall–Kier alpha value is -2.45. The molecule has 0 aliphatic rings. The minimum Gasteiger partial charge on any atom is -0.491 e. The van der Waals surface area contributed by atoms with Crippen molar-refractivity contribution in [3.8, 4) is 5.75 Å². The van der Waals surface area contributed by atoms with E-state index in [9.17, 15) is 18.5 Å². The van der Waals surface area contributed by atoms with Gasteiger partial charge in [-0.3, -0.25) is 10.1 Å². The van der Waals surface area contributed by atoms with Crippen LogP contribution in [0.5, 0.6) is 5.75 Å². The van der Waals surface area contributed by atoms with Crippen molar-refractivity contribution in [2.45, 2.75) is 38.3 Å². The first-order chi connectivity index (χ1) is 11.7. The lowest BCUT2D eigenvalue weighted by molar-refractivity contribution is -0.385. The van der Waals surface area contributed by atoms with Crippen molar-refractivity contribution in [3.05, 3.63) is 63.7 Å². The Morgan fingerprint density at radius 2 is 1.92 bits per heavy atom. The van der Waals surface area contributed by atoms with Crippen molar-refractivity contribution in [1.29, 1.82) is 0 Å². The Kier molecular flexibility index (Phi) is 5.76. The first kappa shape index (κ1) is 18.9. The van der Waals surface area contributed by atoms with Gasteiger partial charge in [0.05, 0.1) is 15.9 Å². The van der Waals surface area contributed by atoms with Crippen LogP contribution in [-0.4, -0.2) is 19.4 Å². The second-order valence-electron chi connectivity index (χ2n) is 5.84. The van der Waals surface area contributed by atoms with Crippen LogP contribution in [-0.2, 0) is 16.6 Å². The second-order valence-corrected chi connectivity index (χ2v) is 7.61. The Balaban J connectivity index is 2.17. The molecule has 0 aromatic heterocycles. The SMILES string of the molecule is Cc1ccc(S(=O)(=O)NCc2cccc(OC(C)C)c2)cc1[N+](=O)[O-]. The number of nitro benzene ring substituents is 1. The number of sulfonamides is 1. The molecule has 134 valence electrons. The van der Waals surface area contributed by atoms with E-state index in [2.05, 4.69) is 4.72 Å². The largest absolute Gasteiger partial charge is 0.491 e. The number of nitro groups is 1. The summed E-state index contributed by atoms with van der Waals surface area (Å²) >= 11 is 0. The third-order valence-electron chi connectivity index (χ3n) is 3.42. The molecule has 0 heterocycles. The van der Waals surface area contributed by atoms with Crippen LogP contribution in [0, 0.1) is 17.0 Å². The number of ether oxygens (including phenoxy) is 1. The summed E-state index contributed by atoms with van der Waals surface area (Å²) in [7, 11) is -3.86. The van der Waals surface area contributed by atoms with Crippen LogP contribution in [0.2, 0.25) is 0 Å². The predicted molar refractivity (Wildman–Crippen MR) is 94.1 cm³/mol. The Morgan fingerprint density at radius 1 is 1.20 bits per heavy atom. The molecule has 1 N–H and O–H groups in total. The Morgan fingerprint density at radius 3 is 2.56 bits per heavy atom. The summed E-state index contributed by atoms with van der Waals surface area (Å²) in [4.78, 5) is 10.2. The lowest BCUT2D eigenvalue weighted by Gasteiger charge is -2.11. The predicted octanol–water partition coefficient (Wildman–Crippen LogP) is 3.17. The Bertz CT molecular complexity index is 878. The Labute approximate surface area is 146 Å². The van der Waals surface area contributed by atoms with Gasteiger partial charge < -0.3 is 4.74 Å². The molecule has 0 bridgehead atoms. The van der Waals surface area contributed by atoms with Gasteiger partial charge >= 0.3 is 0 Å². The van der Waals surface area contributed by atoms with Crippen LogP contribution in [0.4, 0.5) is 5.69 Å². The maximum absolute atomic E-state index is 12.4. The normalized spacial score (nSPS) is 11.5. The molecule has 2 aromatic rings. The highest BCUT2D eigenvalue weighted by molar-refractivity contribution is 7.89.